The van der Waals surface area contributed by atoms with E-state index in [1.54, 1.807) is 29.6 Å². The van der Waals surface area contributed by atoms with E-state index in [2.05, 4.69) is 36.2 Å². The van der Waals surface area contributed by atoms with Gasteiger partial charge in [0, 0.05) is 25.7 Å². The van der Waals surface area contributed by atoms with Crippen LogP contribution in [0.25, 0.3) is 0 Å². The molecule has 3 rings (SSSR count). The Morgan fingerprint density at radius 2 is 1.63 bits per heavy atom. The van der Waals surface area contributed by atoms with Gasteiger partial charge in [-0.2, -0.15) is 4.31 Å². The normalized spacial score (nSPS) is 20.0. The lowest BCUT2D eigenvalue weighted by atomic mass is 10.1. The maximum atomic E-state index is 13.0. The van der Waals surface area contributed by atoms with Crippen molar-refractivity contribution in [3.8, 4) is 0 Å². The van der Waals surface area contributed by atoms with Gasteiger partial charge in [0.1, 0.15) is 0 Å². The van der Waals surface area contributed by atoms with E-state index in [-0.39, 0.29) is 18.4 Å². The Morgan fingerprint density at radius 1 is 0.963 bits per heavy atom. The number of rotatable bonds is 6. The van der Waals surface area contributed by atoms with Gasteiger partial charge in [0.15, 0.2) is 0 Å². The summed E-state index contributed by atoms with van der Waals surface area (Å²) in [7, 11) is 0.420. The molecule has 0 amide bonds. The predicted octanol–water partition coefficient (Wildman–Crippen LogP) is 4.09. The molecule has 6 heteroatoms. The molecule has 2 atom stereocenters. The maximum absolute atomic E-state index is 13.0. The van der Waals surface area contributed by atoms with Crippen LogP contribution in [0.1, 0.15) is 30.4 Å². The second-order valence-corrected chi connectivity index (χ2v) is 9.36. The molecule has 0 saturated heterocycles. The lowest BCUT2D eigenvalue weighted by Gasteiger charge is -2.27. The van der Waals surface area contributed by atoms with E-state index in [4.69, 9.17) is 0 Å². The smallest absolute Gasteiger partial charge is 0.243 e. The molecule has 2 aromatic rings. The van der Waals surface area contributed by atoms with Gasteiger partial charge in [0.2, 0.25) is 10.0 Å². The Hall–Kier alpha value is -1.40. The average molecular weight is 409 g/mol. The largest absolute Gasteiger partial charge is 0.299 e. The molecule has 0 aliphatic heterocycles. The van der Waals surface area contributed by atoms with Crippen LogP contribution in [0.2, 0.25) is 0 Å². The van der Waals surface area contributed by atoms with Crippen LogP contribution in [-0.2, 0) is 16.6 Å². The van der Waals surface area contributed by atoms with Gasteiger partial charge < -0.3 is 0 Å². The lowest BCUT2D eigenvalue weighted by molar-refractivity contribution is 0.228. The summed E-state index contributed by atoms with van der Waals surface area (Å²) >= 11 is 0. The molecule has 0 heterocycles. The van der Waals surface area contributed by atoms with E-state index in [0.717, 1.165) is 31.4 Å². The Labute approximate surface area is 169 Å². The van der Waals surface area contributed by atoms with Crippen LogP contribution in [0.15, 0.2) is 59.5 Å². The molecule has 0 bridgehead atoms. The molecular formula is C21H29ClN2O2S. The Balaban J connectivity index is 0.00000261. The van der Waals surface area contributed by atoms with Crippen molar-refractivity contribution >= 4 is 22.4 Å². The quantitative estimate of drug-likeness (QED) is 0.722. The fraction of sp³-hybridized carbons (Fsp3) is 0.429. The average Bonchev–Trinajstić information content (AvgIpc) is 3.12. The van der Waals surface area contributed by atoms with E-state index in [1.165, 1.54) is 5.56 Å². The zero-order valence-electron chi connectivity index (χ0n) is 16.2. The molecule has 0 spiro atoms. The first kappa shape index (κ1) is 21.9. The van der Waals surface area contributed by atoms with Crippen molar-refractivity contribution in [2.75, 3.05) is 14.1 Å². The highest BCUT2D eigenvalue weighted by molar-refractivity contribution is 7.89. The minimum Gasteiger partial charge on any atom is -0.299 e. The Morgan fingerprint density at radius 3 is 2.30 bits per heavy atom. The molecule has 1 saturated carbocycles. The monoisotopic (exact) mass is 408 g/mol. The first-order chi connectivity index (χ1) is 12.4. The predicted molar refractivity (Wildman–Crippen MR) is 113 cm³/mol. The molecule has 0 aromatic heterocycles. The van der Waals surface area contributed by atoms with E-state index in [0.29, 0.717) is 10.9 Å². The molecule has 1 aliphatic carbocycles. The fourth-order valence-electron chi connectivity index (χ4n) is 3.80. The van der Waals surface area contributed by atoms with Crippen molar-refractivity contribution < 1.29 is 8.42 Å². The number of hydrogen-bond acceptors (Lipinski definition) is 3. The summed E-state index contributed by atoms with van der Waals surface area (Å²) in [6, 6.07) is 18.1. The van der Waals surface area contributed by atoms with Gasteiger partial charge in [-0.3, -0.25) is 4.90 Å². The number of aryl methyl sites for hydroxylation is 1. The van der Waals surface area contributed by atoms with Crippen molar-refractivity contribution in [1.29, 1.82) is 0 Å². The van der Waals surface area contributed by atoms with E-state index >= 15 is 0 Å². The third kappa shape index (κ3) is 5.11. The number of benzene rings is 2. The van der Waals surface area contributed by atoms with Gasteiger partial charge in [0.25, 0.3) is 0 Å². The molecule has 0 unspecified atom stereocenters. The molecule has 148 valence electrons. The third-order valence-corrected chi connectivity index (χ3v) is 7.36. The van der Waals surface area contributed by atoms with Gasteiger partial charge in [-0.05, 0) is 56.5 Å². The van der Waals surface area contributed by atoms with Crippen LogP contribution in [0, 0.1) is 6.92 Å². The third-order valence-electron chi connectivity index (χ3n) is 5.46. The number of hydrogen-bond donors (Lipinski definition) is 0. The van der Waals surface area contributed by atoms with Crippen LogP contribution < -0.4 is 0 Å². The van der Waals surface area contributed by atoms with Crippen LogP contribution in [0.4, 0.5) is 0 Å². The standard InChI is InChI=1S/C21H28N2O2S.ClH/c1-17-8-7-11-21(14-17)26(24,25)23(3)20-13-12-19(15-20)22(2)16-18-9-5-4-6-10-18;/h4-11,14,19-20H,12-13,15-16H2,1-3H3;1H/t19-,20+;/m1./s1. The zero-order chi connectivity index (χ0) is 18.7. The summed E-state index contributed by atoms with van der Waals surface area (Å²) in [6.07, 6.45) is 2.82. The fourth-order valence-corrected chi connectivity index (χ4v) is 5.31. The highest BCUT2D eigenvalue weighted by Crippen LogP contribution is 2.31. The molecular weight excluding hydrogens is 380 g/mol. The highest BCUT2D eigenvalue weighted by Gasteiger charge is 2.35. The summed E-state index contributed by atoms with van der Waals surface area (Å²) in [5.74, 6) is 0. The van der Waals surface area contributed by atoms with Crippen molar-refractivity contribution in [3.05, 3.63) is 65.7 Å². The second-order valence-electron chi connectivity index (χ2n) is 7.36. The molecule has 0 N–H and O–H groups in total. The summed E-state index contributed by atoms with van der Waals surface area (Å²) < 4.78 is 27.5. The summed E-state index contributed by atoms with van der Waals surface area (Å²) in [5.41, 5.74) is 2.26. The first-order valence-corrected chi connectivity index (χ1v) is 10.6. The van der Waals surface area contributed by atoms with Gasteiger partial charge in [-0.1, -0.05) is 42.5 Å². The number of nitrogens with zero attached hydrogens (tertiary/aromatic N) is 2. The van der Waals surface area contributed by atoms with Crippen molar-refractivity contribution in [2.45, 2.75) is 49.7 Å². The zero-order valence-corrected chi connectivity index (χ0v) is 17.8. The highest BCUT2D eigenvalue weighted by atomic mass is 35.5. The van der Waals surface area contributed by atoms with Gasteiger partial charge in [-0.25, -0.2) is 8.42 Å². The van der Waals surface area contributed by atoms with Crippen molar-refractivity contribution in [3.63, 3.8) is 0 Å². The van der Waals surface area contributed by atoms with Crippen molar-refractivity contribution in [1.82, 2.24) is 9.21 Å². The molecule has 0 radical (unpaired) electrons. The summed E-state index contributed by atoms with van der Waals surface area (Å²) in [4.78, 5) is 2.74. The van der Waals surface area contributed by atoms with E-state index < -0.39 is 10.0 Å². The molecule has 27 heavy (non-hydrogen) atoms. The summed E-state index contributed by atoms with van der Waals surface area (Å²) in [5, 5.41) is 0. The Bertz CT molecular complexity index is 842. The van der Waals surface area contributed by atoms with Crippen LogP contribution >= 0.6 is 12.4 Å². The maximum Gasteiger partial charge on any atom is 0.243 e. The second kappa shape index (κ2) is 9.20. The van der Waals surface area contributed by atoms with Gasteiger partial charge in [0.05, 0.1) is 4.90 Å². The number of halogens is 1. The minimum atomic E-state index is -3.44. The first-order valence-electron chi connectivity index (χ1n) is 9.17. The van der Waals surface area contributed by atoms with Crippen LogP contribution in [0.5, 0.6) is 0 Å². The van der Waals surface area contributed by atoms with E-state index in [1.807, 2.05) is 19.1 Å². The SMILES string of the molecule is Cc1cccc(S(=O)(=O)N(C)[C@H]2CC[C@@H](N(C)Cc3ccccc3)C2)c1.Cl. The molecule has 1 fully saturated rings. The number of sulfonamides is 1. The molecule has 2 aromatic carbocycles. The molecule has 1 aliphatic rings. The Kier molecular flexibility index (Phi) is 7.46. The van der Waals surface area contributed by atoms with Crippen LogP contribution in [0.3, 0.4) is 0 Å². The van der Waals surface area contributed by atoms with E-state index in [9.17, 15) is 8.42 Å². The van der Waals surface area contributed by atoms with Gasteiger partial charge in [-0.15, -0.1) is 12.4 Å². The lowest BCUT2D eigenvalue weighted by Crippen LogP contribution is -2.37. The van der Waals surface area contributed by atoms with Crippen molar-refractivity contribution in [2.24, 2.45) is 0 Å². The minimum absolute atomic E-state index is 0. The topological polar surface area (TPSA) is 40.6 Å². The summed E-state index contributed by atoms with van der Waals surface area (Å²) in [6.45, 7) is 2.82. The molecule has 4 nitrogen and oxygen atoms in total. The van der Waals surface area contributed by atoms with Crippen LogP contribution in [-0.4, -0.2) is 43.8 Å². The van der Waals surface area contributed by atoms with Gasteiger partial charge >= 0.3 is 0 Å².